The van der Waals surface area contributed by atoms with E-state index in [9.17, 15) is 18.0 Å². The molecule has 3 rings (SSSR count). The summed E-state index contributed by atoms with van der Waals surface area (Å²) in [5.74, 6) is -0.106. The molecule has 2 N–H and O–H groups in total. The Bertz CT molecular complexity index is 795. The van der Waals surface area contributed by atoms with Gasteiger partial charge in [-0.05, 0) is 43.9 Å². The number of hydrogen-bond donors (Lipinski definition) is 2. The molecule has 0 atom stereocenters. The highest BCUT2D eigenvalue weighted by molar-refractivity contribution is 7.88. The van der Waals surface area contributed by atoms with E-state index in [1.807, 2.05) is 0 Å². The lowest BCUT2D eigenvalue weighted by Gasteiger charge is -2.30. The van der Waals surface area contributed by atoms with Crippen molar-refractivity contribution in [2.75, 3.05) is 24.7 Å². The molecule has 1 saturated heterocycles. The minimum absolute atomic E-state index is 0.0261. The summed E-state index contributed by atoms with van der Waals surface area (Å²) in [6.45, 7) is 0.836. The van der Waals surface area contributed by atoms with Crippen molar-refractivity contribution in [3.8, 4) is 0 Å². The number of carbonyl (C=O) groups excluding carboxylic acids is 2. The van der Waals surface area contributed by atoms with Gasteiger partial charge in [0.15, 0.2) is 0 Å². The lowest BCUT2D eigenvalue weighted by molar-refractivity contribution is -0.119. The van der Waals surface area contributed by atoms with Gasteiger partial charge < -0.3 is 10.6 Å². The number of benzene rings is 1. The van der Waals surface area contributed by atoms with Crippen LogP contribution in [-0.4, -0.2) is 49.9 Å². The van der Waals surface area contributed by atoms with Gasteiger partial charge in [-0.15, -0.1) is 0 Å². The molecule has 2 amide bonds. The fourth-order valence-electron chi connectivity index (χ4n) is 3.77. The number of piperidine rings is 1. The van der Waals surface area contributed by atoms with Gasteiger partial charge in [-0.25, -0.2) is 12.7 Å². The van der Waals surface area contributed by atoms with Crippen LogP contribution < -0.4 is 10.6 Å². The molecule has 1 saturated carbocycles. The van der Waals surface area contributed by atoms with E-state index in [4.69, 9.17) is 0 Å². The maximum atomic E-state index is 12.5. The Morgan fingerprint density at radius 3 is 2.37 bits per heavy atom. The summed E-state index contributed by atoms with van der Waals surface area (Å²) in [5, 5.41) is 5.88. The zero-order valence-electron chi connectivity index (χ0n) is 15.6. The first-order valence-electron chi connectivity index (χ1n) is 9.50. The average Bonchev–Trinajstić information content (AvgIpc) is 3.16. The van der Waals surface area contributed by atoms with Crippen LogP contribution in [0.4, 0.5) is 5.69 Å². The van der Waals surface area contributed by atoms with E-state index < -0.39 is 10.0 Å². The number of sulfonamides is 1. The fourth-order valence-corrected chi connectivity index (χ4v) is 4.65. The molecule has 2 aliphatic rings. The largest absolute Gasteiger partial charge is 0.349 e. The van der Waals surface area contributed by atoms with Crippen LogP contribution in [-0.2, 0) is 14.8 Å². The molecule has 0 aromatic heterocycles. The highest BCUT2D eigenvalue weighted by atomic mass is 32.2. The highest BCUT2D eigenvalue weighted by Crippen LogP contribution is 2.26. The van der Waals surface area contributed by atoms with Crippen LogP contribution in [0.3, 0.4) is 0 Å². The van der Waals surface area contributed by atoms with Crippen molar-refractivity contribution < 1.29 is 18.0 Å². The first-order chi connectivity index (χ1) is 12.8. The normalized spacial score (nSPS) is 19.7. The third-order valence-corrected chi connectivity index (χ3v) is 6.68. The zero-order valence-corrected chi connectivity index (χ0v) is 16.4. The van der Waals surface area contributed by atoms with Gasteiger partial charge in [0.1, 0.15) is 0 Å². The molecule has 27 heavy (non-hydrogen) atoms. The van der Waals surface area contributed by atoms with Gasteiger partial charge in [0.2, 0.25) is 15.9 Å². The van der Waals surface area contributed by atoms with Crippen molar-refractivity contribution in [3.05, 3.63) is 29.8 Å². The van der Waals surface area contributed by atoms with E-state index in [0.29, 0.717) is 37.2 Å². The van der Waals surface area contributed by atoms with Crippen molar-refractivity contribution >= 4 is 27.5 Å². The topological polar surface area (TPSA) is 95.6 Å². The van der Waals surface area contributed by atoms with Gasteiger partial charge in [-0.1, -0.05) is 18.9 Å². The summed E-state index contributed by atoms with van der Waals surface area (Å²) in [6.07, 6.45) is 6.44. The molecule has 148 valence electrons. The number of nitrogens with one attached hydrogen (secondary N) is 2. The Labute approximate surface area is 160 Å². The molecule has 2 fully saturated rings. The Morgan fingerprint density at radius 1 is 1.07 bits per heavy atom. The van der Waals surface area contributed by atoms with Crippen LogP contribution >= 0.6 is 0 Å². The predicted molar refractivity (Wildman–Crippen MR) is 104 cm³/mol. The van der Waals surface area contributed by atoms with Crippen LogP contribution in [0.15, 0.2) is 24.3 Å². The van der Waals surface area contributed by atoms with Gasteiger partial charge in [-0.2, -0.15) is 0 Å². The molecule has 0 spiro atoms. The van der Waals surface area contributed by atoms with Crippen molar-refractivity contribution in [3.63, 3.8) is 0 Å². The third kappa shape index (κ3) is 5.29. The van der Waals surface area contributed by atoms with Crippen molar-refractivity contribution in [2.24, 2.45) is 5.92 Å². The van der Waals surface area contributed by atoms with Crippen LogP contribution in [0.1, 0.15) is 48.9 Å². The maximum absolute atomic E-state index is 12.5. The lowest BCUT2D eigenvalue weighted by Crippen LogP contribution is -2.46. The van der Waals surface area contributed by atoms with Crippen LogP contribution in [0.2, 0.25) is 0 Å². The molecular formula is C19H27N3O4S. The van der Waals surface area contributed by atoms with Crippen LogP contribution in [0, 0.1) is 5.92 Å². The van der Waals surface area contributed by atoms with E-state index in [0.717, 1.165) is 25.7 Å². The molecular weight excluding hydrogens is 366 g/mol. The molecule has 1 aliphatic heterocycles. The van der Waals surface area contributed by atoms with Crippen molar-refractivity contribution in [2.45, 2.75) is 44.6 Å². The third-order valence-electron chi connectivity index (χ3n) is 5.38. The SMILES string of the molecule is CS(=O)(=O)N1CCC(NC(=O)c2cccc(NC(=O)C3CCCC3)c2)CC1. The molecule has 1 aliphatic carbocycles. The van der Waals surface area contributed by atoms with Crippen LogP contribution in [0.25, 0.3) is 0 Å². The minimum atomic E-state index is -3.17. The van der Waals surface area contributed by atoms with Crippen LogP contribution in [0.5, 0.6) is 0 Å². The predicted octanol–water partition coefficient (Wildman–Crippen LogP) is 1.97. The second kappa shape index (κ2) is 8.39. The van der Waals surface area contributed by atoms with Gasteiger partial charge >= 0.3 is 0 Å². The fraction of sp³-hybridized carbons (Fsp3) is 0.579. The Kier molecular flexibility index (Phi) is 6.16. The molecule has 8 heteroatoms. The van der Waals surface area contributed by atoms with Gasteiger partial charge in [0.25, 0.3) is 5.91 Å². The first-order valence-corrected chi connectivity index (χ1v) is 11.3. The molecule has 0 unspecified atom stereocenters. The standard InChI is InChI=1S/C19H27N3O4S/c1-27(25,26)22-11-9-16(10-12-22)20-19(24)15-7-4-8-17(13-15)21-18(23)14-5-2-3-6-14/h4,7-8,13-14,16H,2-3,5-6,9-12H2,1H3,(H,20,24)(H,21,23). The summed E-state index contributed by atoms with van der Waals surface area (Å²) >= 11 is 0. The maximum Gasteiger partial charge on any atom is 0.251 e. The molecule has 0 bridgehead atoms. The highest BCUT2D eigenvalue weighted by Gasteiger charge is 2.26. The second-order valence-electron chi connectivity index (χ2n) is 7.46. The monoisotopic (exact) mass is 393 g/mol. The Morgan fingerprint density at radius 2 is 1.74 bits per heavy atom. The smallest absolute Gasteiger partial charge is 0.251 e. The van der Waals surface area contributed by atoms with Crippen molar-refractivity contribution in [1.82, 2.24) is 9.62 Å². The number of nitrogens with zero attached hydrogens (tertiary/aromatic N) is 1. The quantitative estimate of drug-likeness (QED) is 0.799. The zero-order chi connectivity index (χ0) is 19.4. The van der Waals surface area contributed by atoms with Gasteiger partial charge in [0.05, 0.1) is 6.26 Å². The number of hydrogen-bond acceptors (Lipinski definition) is 4. The summed E-state index contributed by atoms with van der Waals surface area (Å²) in [5.41, 5.74) is 1.12. The van der Waals surface area contributed by atoms with Gasteiger partial charge in [-0.3, -0.25) is 9.59 Å². The number of amides is 2. The summed E-state index contributed by atoms with van der Waals surface area (Å²) in [6, 6.07) is 6.90. The summed E-state index contributed by atoms with van der Waals surface area (Å²) in [4.78, 5) is 24.8. The van der Waals surface area contributed by atoms with Gasteiger partial charge in [0, 0.05) is 36.3 Å². The summed E-state index contributed by atoms with van der Waals surface area (Å²) < 4.78 is 24.6. The van der Waals surface area contributed by atoms with E-state index >= 15 is 0 Å². The molecule has 1 heterocycles. The van der Waals surface area contributed by atoms with E-state index in [1.165, 1.54) is 10.6 Å². The molecule has 1 aromatic carbocycles. The molecule has 0 radical (unpaired) electrons. The second-order valence-corrected chi connectivity index (χ2v) is 9.44. The van der Waals surface area contributed by atoms with E-state index in [1.54, 1.807) is 24.3 Å². The number of anilines is 1. The first kappa shape index (κ1) is 19.8. The Hall–Kier alpha value is -1.93. The molecule has 7 nitrogen and oxygen atoms in total. The van der Waals surface area contributed by atoms with Crippen molar-refractivity contribution in [1.29, 1.82) is 0 Å². The molecule has 1 aromatic rings. The lowest BCUT2D eigenvalue weighted by atomic mass is 10.1. The van der Waals surface area contributed by atoms with E-state index in [2.05, 4.69) is 10.6 Å². The average molecular weight is 394 g/mol. The van der Waals surface area contributed by atoms with E-state index in [-0.39, 0.29) is 23.8 Å². The minimum Gasteiger partial charge on any atom is -0.349 e. The Balaban J connectivity index is 1.55. The number of carbonyl (C=O) groups is 2. The number of rotatable bonds is 5. The summed E-state index contributed by atoms with van der Waals surface area (Å²) in [7, 11) is -3.17.